The third-order valence-corrected chi connectivity index (χ3v) is 6.50. The van der Waals surface area contributed by atoms with E-state index in [0.717, 1.165) is 68.1 Å². The molecule has 0 amide bonds. The molecule has 0 aromatic carbocycles. The molecule has 0 aliphatic carbocycles. The Hall–Kier alpha value is -3.33. The summed E-state index contributed by atoms with van der Waals surface area (Å²) in [6, 6.07) is 3.91. The van der Waals surface area contributed by atoms with Crippen molar-refractivity contribution in [2.24, 2.45) is 0 Å². The number of hydrogen-bond acceptors (Lipinski definition) is 8. The normalized spacial score (nSPS) is 18.6. The lowest BCUT2D eigenvalue weighted by Gasteiger charge is -2.32. The molecule has 0 radical (unpaired) electrons. The van der Waals surface area contributed by atoms with Crippen molar-refractivity contribution < 1.29 is 14.6 Å². The lowest BCUT2D eigenvalue weighted by Crippen LogP contribution is -2.39. The number of ether oxygens (including phenoxy) is 1. The van der Waals surface area contributed by atoms with Gasteiger partial charge in [-0.25, -0.2) is 4.98 Å². The Morgan fingerprint density at radius 2 is 2.20 bits per heavy atom. The molecule has 0 spiro atoms. The number of morpholine rings is 1. The maximum atomic E-state index is 11.5. The summed E-state index contributed by atoms with van der Waals surface area (Å²) in [5.74, 6) is 0.150. The number of carboxylic acid groups (broad SMARTS) is 1. The van der Waals surface area contributed by atoms with Gasteiger partial charge in [0.25, 0.3) is 0 Å². The van der Waals surface area contributed by atoms with Gasteiger partial charge in [0, 0.05) is 43.8 Å². The maximum absolute atomic E-state index is 11.5. The molecular weight excluding hydrogens is 444 g/mol. The third kappa shape index (κ3) is 7.32. The van der Waals surface area contributed by atoms with Crippen LogP contribution in [-0.4, -0.2) is 72.1 Å². The molecule has 35 heavy (non-hydrogen) atoms. The van der Waals surface area contributed by atoms with Crippen LogP contribution in [0.3, 0.4) is 0 Å². The van der Waals surface area contributed by atoms with E-state index in [1.165, 1.54) is 5.56 Å². The molecule has 9 nitrogen and oxygen atoms in total. The van der Waals surface area contributed by atoms with Gasteiger partial charge in [-0.3, -0.25) is 4.79 Å². The Balaban J connectivity index is 1.27. The van der Waals surface area contributed by atoms with E-state index in [1.807, 2.05) is 6.20 Å². The Kier molecular flexibility index (Phi) is 8.78. The first-order chi connectivity index (χ1) is 17.1. The van der Waals surface area contributed by atoms with Crippen LogP contribution in [-0.2, 0) is 22.4 Å². The average molecular weight is 481 g/mol. The highest BCUT2D eigenvalue weighted by Gasteiger charge is 2.21. The van der Waals surface area contributed by atoms with Crippen LogP contribution >= 0.6 is 0 Å². The number of fused-ring (bicyclic) bond motifs is 1. The number of aryl methyl sites for hydroxylation is 2. The summed E-state index contributed by atoms with van der Waals surface area (Å²) in [5.41, 5.74) is 4.88. The first-order valence-electron chi connectivity index (χ1n) is 12.5. The van der Waals surface area contributed by atoms with Gasteiger partial charge >= 0.3 is 5.97 Å². The Labute approximate surface area is 206 Å². The number of allylic oxidation sites excluding steroid dienone is 2. The highest BCUT2D eigenvalue weighted by molar-refractivity contribution is 5.92. The molecule has 4 rings (SSSR count). The second-order valence-electron chi connectivity index (χ2n) is 9.14. The number of carboxylic acids is 1. The highest BCUT2D eigenvalue weighted by Crippen LogP contribution is 2.21. The first kappa shape index (κ1) is 24.8. The fraction of sp³-hybridized carbons (Fsp3) is 0.500. The van der Waals surface area contributed by atoms with Crippen molar-refractivity contribution in [3.63, 3.8) is 0 Å². The van der Waals surface area contributed by atoms with Crippen LogP contribution in [0.1, 0.15) is 36.9 Å². The van der Waals surface area contributed by atoms with E-state index in [9.17, 15) is 9.90 Å². The Bertz CT molecular complexity index is 997. The molecular formula is C26H36N6O3. The molecule has 1 aromatic rings. The molecule has 3 aliphatic heterocycles. The van der Waals surface area contributed by atoms with Crippen LogP contribution in [0.25, 0.3) is 0 Å². The van der Waals surface area contributed by atoms with Gasteiger partial charge in [0.2, 0.25) is 0 Å². The van der Waals surface area contributed by atoms with E-state index >= 15 is 0 Å². The maximum Gasteiger partial charge on any atom is 0.305 e. The van der Waals surface area contributed by atoms with Gasteiger partial charge in [-0.1, -0.05) is 6.07 Å². The molecule has 1 aromatic heterocycles. The lowest BCUT2D eigenvalue weighted by atomic mass is 10.0. The zero-order valence-corrected chi connectivity index (χ0v) is 20.2. The van der Waals surface area contributed by atoms with Crippen molar-refractivity contribution in [3.8, 4) is 0 Å². The SMILES string of the molecule is N=C(/C=C\NC(CC(=O)O)C1=CC(N2CCOCC2)=CNC1)CCCc1ccc2c(n1)NCCC2. The van der Waals surface area contributed by atoms with E-state index in [-0.39, 0.29) is 12.5 Å². The van der Waals surface area contributed by atoms with Crippen LogP contribution < -0.4 is 16.0 Å². The van der Waals surface area contributed by atoms with E-state index in [4.69, 9.17) is 15.1 Å². The van der Waals surface area contributed by atoms with Crippen molar-refractivity contribution in [3.05, 3.63) is 59.2 Å². The van der Waals surface area contributed by atoms with Gasteiger partial charge in [0.15, 0.2) is 0 Å². The minimum Gasteiger partial charge on any atom is -0.481 e. The third-order valence-electron chi connectivity index (χ3n) is 6.50. The molecule has 0 bridgehead atoms. The Morgan fingerprint density at radius 1 is 1.34 bits per heavy atom. The van der Waals surface area contributed by atoms with Crippen molar-refractivity contribution in [2.75, 3.05) is 44.7 Å². The van der Waals surface area contributed by atoms with E-state index < -0.39 is 5.97 Å². The van der Waals surface area contributed by atoms with Gasteiger partial charge in [-0.05, 0) is 67.7 Å². The number of anilines is 1. The molecule has 1 unspecified atom stereocenters. The molecule has 1 atom stereocenters. The Morgan fingerprint density at radius 3 is 3.03 bits per heavy atom. The minimum absolute atomic E-state index is 0.0282. The van der Waals surface area contributed by atoms with Gasteiger partial charge in [0.1, 0.15) is 5.82 Å². The molecule has 3 aliphatic rings. The summed E-state index contributed by atoms with van der Waals surface area (Å²) in [6.45, 7) is 4.61. The second-order valence-corrected chi connectivity index (χ2v) is 9.14. The summed E-state index contributed by atoms with van der Waals surface area (Å²) < 4.78 is 5.43. The number of pyridine rings is 1. The van der Waals surface area contributed by atoms with Crippen LogP contribution in [0.15, 0.2) is 48.0 Å². The number of dihydropyridines is 1. The van der Waals surface area contributed by atoms with Gasteiger partial charge in [-0.2, -0.15) is 0 Å². The second kappa shape index (κ2) is 12.4. The van der Waals surface area contributed by atoms with Crippen molar-refractivity contribution in [1.29, 1.82) is 5.41 Å². The monoisotopic (exact) mass is 480 g/mol. The molecule has 1 fully saturated rings. The summed E-state index contributed by atoms with van der Waals surface area (Å²) in [4.78, 5) is 18.5. The molecule has 4 heterocycles. The highest BCUT2D eigenvalue weighted by atomic mass is 16.5. The summed E-state index contributed by atoms with van der Waals surface area (Å²) in [5, 5.41) is 27.6. The van der Waals surface area contributed by atoms with Crippen LogP contribution in [0.5, 0.6) is 0 Å². The van der Waals surface area contributed by atoms with Crippen molar-refractivity contribution in [2.45, 2.75) is 44.6 Å². The zero-order valence-electron chi connectivity index (χ0n) is 20.2. The minimum atomic E-state index is -0.860. The number of aromatic nitrogens is 1. The smallest absolute Gasteiger partial charge is 0.305 e. The van der Waals surface area contributed by atoms with Crippen LogP contribution in [0.4, 0.5) is 5.82 Å². The standard InChI is InChI=1S/C26H36N6O3/c27-21(4-1-5-22-7-6-19-3-2-9-30-26(19)31-22)8-10-29-24(16-25(33)34)20-15-23(18-28-17-20)32-11-13-35-14-12-32/h6-8,10,15,18,24,27-29H,1-5,9,11-14,16-17H2,(H,30,31)(H,33,34)/b10-8-,27-21?. The van der Waals surface area contributed by atoms with Gasteiger partial charge in [0.05, 0.1) is 31.4 Å². The van der Waals surface area contributed by atoms with Crippen molar-refractivity contribution in [1.82, 2.24) is 20.5 Å². The number of rotatable bonds is 11. The van der Waals surface area contributed by atoms with E-state index in [0.29, 0.717) is 31.9 Å². The van der Waals surface area contributed by atoms with E-state index in [2.05, 4.69) is 39.1 Å². The quantitative estimate of drug-likeness (QED) is 0.306. The largest absolute Gasteiger partial charge is 0.481 e. The number of carbonyl (C=O) groups is 1. The fourth-order valence-corrected chi connectivity index (χ4v) is 4.57. The number of hydrogen-bond donors (Lipinski definition) is 5. The molecule has 9 heteroatoms. The van der Waals surface area contributed by atoms with Crippen LogP contribution in [0, 0.1) is 5.41 Å². The first-order valence-corrected chi connectivity index (χ1v) is 12.5. The zero-order chi connectivity index (χ0) is 24.5. The fourth-order valence-electron chi connectivity index (χ4n) is 4.57. The van der Waals surface area contributed by atoms with E-state index in [1.54, 1.807) is 12.3 Å². The predicted molar refractivity (Wildman–Crippen MR) is 137 cm³/mol. The van der Waals surface area contributed by atoms with Crippen molar-refractivity contribution >= 4 is 17.5 Å². The molecule has 0 saturated carbocycles. The number of nitrogens with zero attached hydrogens (tertiary/aromatic N) is 2. The number of nitrogens with one attached hydrogen (secondary N) is 4. The predicted octanol–water partition coefficient (Wildman–Crippen LogP) is 2.43. The topological polar surface area (TPSA) is 123 Å². The van der Waals surface area contributed by atoms with Crippen LogP contribution in [0.2, 0.25) is 0 Å². The van der Waals surface area contributed by atoms with Gasteiger partial charge < -0.3 is 36.1 Å². The lowest BCUT2D eigenvalue weighted by molar-refractivity contribution is -0.137. The average Bonchev–Trinajstić information content (AvgIpc) is 2.88. The number of aliphatic carboxylic acids is 1. The van der Waals surface area contributed by atoms with Gasteiger partial charge in [-0.15, -0.1) is 0 Å². The molecule has 188 valence electrons. The molecule has 5 N–H and O–H groups in total. The summed E-state index contributed by atoms with van der Waals surface area (Å²) in [7, 11) is 0. The molecule has 1 saturated heterocycles. The summed E-state index contributed by atoms with van der Waals surface area (Å²) >= 11 is 0. The summed E-state index contributed by atoms with van der Waals surface area (Å²) in [6.07, 6.45) is 12.0.